The number of amides is 1. The Hall–Kier alpha value is -3.94. The third-order valence-corrected chi connectivity index (χ3v) is 6.46. The lowest BCUT2D eigenvalue weighted by atomic mass is 9.99. The number of β-amino-alcohol motifs (C(OH)–C–C–N with tert-alkyl or cyclic N) is 1. The fraction of sp³-hybridized carbons (Fsp3) is 0.241. The minimum Gasteiger partial charge on any atom is -0.462 e. The molecule has 2 aliphatic rings. The SMILES string of the molecule is CCOC(=O)c1ccc2c(c1)NC(=O)C2=C(Nc1ccc(CN2CCC(O)C2)cc1)c1ccccc1. The molecule has 0 bridgehead atoms. The zero-order valence-electron chi connectivity index (χ0n) is 20.2. The first-order valence-electron chi connectivity index (χ1n) is 12.2. The van der Waals surface area contributed by atoms with Crippen LogP contribution >= 0.6 is 0 Å². The fourth-order valence-electron chi connectivity index (χ4n) is 4.70. The predicted octanol–water partition coefficient (Wildman–Crippen LogP) is 4.36. The molecule has 3 aromatic carbocycles. The van der Waals surface area contributed by atoms with Crippen LogP contribution in [0.25, 0.3) is 11.3 Å². The standard InChI is InChI=1S/C29H29N3O4/c1-2-36-29(35)21-10-13-24-25(16-21)31-28(34)26(24)27(20-6-4-3-5-7-20)30-22-11-8-19(9-12-22)17-32-15-14-23(33)18-32/h3-13,16,23,30,33H,2,14-15,17-18H2,1H3,(H,31,34). The van der Waals surface area contributed by atoms with Crippen LogP contribution in [0.3, 0.4) is 0 Å². The Bertz CT molecular complexity index is 1300. The zero-order valence-corrected chi connectivity index (χ0v) is 20.2. The number of carbonyl (C=O) groups excluding carboxylic acids is 2. The van der Waals surface area contributed by atoms with Crippen molar-refractivity contribution in [3.8, 4) is 0 Å². The molecule has 2 aliphatic heterocycles. The maximum absolute atomic E-state index is 13.2. The third kappa shape index (κ3) is 5.03. The van der Waals surface area contributed by atoms with E-state index in [1.54, 1.807) is 25.1 Å². The number of benzene rings is 3. The Morgan fingerprint density at radius 3 is 2.56 bits per heavy atom. The number of fused-ring (bicyclic) bond motifs is 1. The smallest absolute Gasteiger partial charge is 0.338 e. The number of aliphatic hydroxyl groups excluding tert-OH is 1. The summed E-state index contributed by atoms with van der Waals surface area (Å²) in [6, 6.07) is 23.0. The molecule has 1 atom stereocenters. The highest BCUT2D eigenvalue weighted by Crippen LogP contribution is 2.38. The average molecular weight is 484 g/mol. The number of carbonyl (C=O) groups is 2. The molecule has 3 N–H and O–H groups in total. The first-order chi connectivity index (χ1) is 17.5. The normalized spacial score (nSPS) is 18.5. The lowest BCUT2D eigenvalue weighted by Gasteiger charge is -2.17. The van der Waals surface area contributed by atoms with E-state index in [1.165, 1.54) is 5.56 Å². The van der Waals surface area contributed by atoms with Gasteiger partial charge in [0.25, 0.3) is 5.91 Å². The van der Waals surface area contributed by atoms with E-state index in [9.17, 15) is 14.7 Å². The molecule has 184 valence electrons. The molecular formula is C29H29N3O4. The minimum absolute atomic E-state index is 0.235. The van der Waals surface area contributed by atoms with Gasteiger partial charge in [-0.3, -0.25) is 9.69 Å². The topological polar surface area (TPSA) is 90.9 Å². The van der Waals surface area contributed by atoms with E-state index < -0.39 is 5.97 Å². The number of hydrogen-bond donors (Lipinski definition) is 3. The maximum Gasteiger partial charge on any atom is 0.338 e. The highest BCUT2D eigenvalue weighted by molar-refractivity contribution is 6.37. The predicted molar refractivity (Wildman–Crippen MR) is 140 cm³/mol. The number of nitrogens with one attached hydrogen (secondary N) is 2. The Balaban J connectivity index is 1.47. The molecule has 7 nitrogen and oxygen atoms in total. The Labute approximate surface area is 210 Å². The lowest BCUT2D eigenvalue weighted by molar-refractivity contribution is -0.110. The summed E-state index contributed by atoms with van der Waals surface area (Å²) in [5.74, 6) is -0.654. The van der Waals surface area contributed by atoms with Crippen molar-refractivity contribution in [2.45, 2.75) is 26.0 Å². The summed E-state index contributed by atoms with van der Waals surface area (Å²) >= 11 is 0. The highest BCUT2D eigenvalue weighted by atomic mass is 16.5. The summed E-state index contributed by atoms with van der Waals surface area (Å²) in [6.45, 7) is 4.44. The van der Waals surface area contributed by atoms with Crippen molar-refractivity contribution < 1.29 is 19.4 Å². The molecule has 7 heteroatoms. The largest absolute Gasteiger partial charge is 0.462 e. The van der Waals surface area contributed by atoms with Crippen LogP contribution in [-0.2, 0) is 16.1 Å². The quantitative estimate of drug-likeness (QED) is 0.342. The van der Waals surface area contributed by atoms with Crippen LogP contribution in [0.4, 0.5) is 11.4 Å². The van der Waals surface area contributed by atoms with Crippen molar-refractivity contribution in [1.82, 2.24) is 4.90 Å². The van der Waals surface area contributed by atoms with Crippen molar-refractivity contribution >= 4 is 34.5 Å². The van der Waals surface area contributed by atoms with Crippen molar-refractivity contribution in [3.63, 3.8) is 0 Å². The molecule has 36 heavy (non-hydrogen) atoms. The number of anilines is 2. The van der Waals surface area contributed by atoms with Crippen LogP contribution in [0.2, 0.25) is 0 Å². The Kier molecular flexibility index (Phi) is 6.84. The van der Waals surface area contributed by atoms with Gasteiger partial charge in [-0.2, -0.15) is 0 Å². The average Bonchev–Trinajstić information content (AvgIpc) is 3.45. The summed E-state index contributed by atoms with van der Waals surface area (Å²) in [4.78, 5) is 27.6. The number of hydrogen-bond acceptors (Lipinski definition) is 6. The van der Waals surface area contributed by atoms with Crippen LogP contribution < -0.4 is 10.6 Å². The van der Waals surface area contributed by atoms with Gasteiger partial charge in [-0.15, -0.1) is 0 Å². The van der Waals surface area contributed by atoms with Crippen LogP contribution in [0.15, 0.2) is 72.8 Å². The van der Waals surface area contributed by atoms with Crippen LogP contribution in [0.1, 0.15) is 40.4 Å². The number of likely N-dealkylation sites (tertiary alicyclic amines) is 1. The molecule has 1 saturated heterocycles. The minimum atomic E-state index is -0.420. The first kappa shape index (κ1) is 23.8. The van der Waals surface area contributed by atoms with Crippen LogP contribution in [0.5, 0.6) is 0 Å². The van der Waals surface area contributed by atoms with Gasteiger partial charge in [0.2, 0.25) is 0 Å². The molecule has 3 aromatic rings. The number of ether oxygens (including phenoxy) is 1. The summed E-state index contributed by atoms with van der Waals surface area (Å²) in [5, 5.41) is 16.1. The van der Waals surface area contributed by atoms with Crippen molar-refractivity contribution in [2.24, 2.45) is 0 Å². The third-order valence-electron chi connectivity index (χ3n) is 6.46. The molecule has 0 aliphatic carbocycles. The van der Waals surface area contributed by atoms with Crippen molar-refractivity contribution in [3.05, 3.63) is 95.1 Å². The summed E-state index contributed by atoms with van der Waals surface area (Å²) in [6.07, 6.45) is 0.582. The zero-order chi connectivity index (χ0) is 25.1. The maximum atomic E-state index is 13.2. The second-order valence-corrected chi connectivity index (χ2v) is 9.05. The van der Waals surface area contributed by atoms with Gasteiger partial charge in [0, 0.05) is 30.9 Å². The van der Waals surface area contributed by atoms with Crippen LogP contribution in [-0.4, -0.2) is 47.7 Å². The molecule has 5 rings (SSSR count). The second-order valence-electron chi connectivity index (χ2n) is 9.05. The number of esters is 1. The van der Waals surface area contributed by atoms with E-state index in [1.807, 2.05) is 42.5 Å². The van der Waals surface area contributed by atoms with E-state index in [2.05, 4.69) is 27.7 Å². The number of aliphatic hydroxyl groups is 1. The van der Waals surface area contributed by atoms with Gasteiger partial charge >= 0.3 is 5.97 Å². The molecule has 1 unspecified atom stereocenters. The highest BCUT2D eigenvalue weighted by Gasteiger charge is 2.29. The summed E-state index contributed by atoms with van der Waals surface area (Å²) in [7, 11) is 0. The van der Waals surface area contributed by atoms with Gasteiger partial charge < -0.3 is 20.5 Å². The summed E-state index contributed by atoms with van der Waals surface area (Å²) < 4.78 is 5.10. The second kappa shape index (κ2) is 10.4. The van der Waals surface area contributed by atoms with Crippen molar-refractivity contribution in [1.29, 1.82) is 0 Å². The molecule has 0 radical (unpaired) electrons. The lowest BCUT2D eigenvalue weighted by Crippen LogP contribution is -2.21. The molecule has 0 spiro atoms. The Morgan fingerprint density at radius 1 is 1.08 bits per heavy atom. The van der Waals surface area contributed by atoms with Gasteiger partial charge in [-0.1, -0.05) is 48.5 Å². The van der Waals surface area contributed by atoms with Gasteiger partial charge in [0.15, 0.2) is 0 Å². The van der Waals surface area contributed by atoms with Gasteiger partial charge in [0.05, 0.1) is 35.2 Å². The van der Waals surface area contributed by atoms with Gasteiger partial charge in [-0.05, 0) is 48.7 Å². The van der Waals surface area contributed by atoms with Crippen LogP contribution in [0, 0.1) is 0 Å². The molecular weight excluding hydrogens is 454 g/mol. The molecule has 0 saturated carbocycles. The molecule has 1 amide bonds. The molecule has 1 fully saturated rings. The van der Waals surface area contributed by atoms with E-state index >= 15 is 0 Å². The van der Waals surface area contributed by atoms with E-state index in [0.717, 1.165) is 36.3 Å². The molecule has 2 heterocycles. The number of rotatable bonds is 7. The van der Waals surface area contributed by atoms with E-state index in [4.69, 9.17) is 4.74 Å². The number of nitrogens with zero attached hydrogens (tertiary/aromatic N) is 1. The fourth-order valence-corrected chi connectivity index (χ4v) is 4.70. The van der Waals surface area contributed by atoms with Gasteiger partial charge in [0.1, 0.15) is 0 Å². The monoisotopic (exact) mass is 483 g/mol. The van der Waals surface area contributed by atoms with E-state index in [-0.39, 0.29) is 18.6 Å². The Morgan fingerprint density at radius 2 is 1.86 bits per heavy atom. The van der Waals surface area contributed by atoms with Crippen molar-refractivity contribution in [2.75, 3.05) is 30.3 Å². The summed E-state index contributed by atoms with van der Waals surface area (Å²) in [5.41, 5.74) is 5.80. The molecule has 0 aromatic heterocycles. The van der Waals surface area contributed by atoms with Gasteiger partial charge in [-0.25, -0.2) is 4.79 Å². The first-order valence-corrected chi connectivity index (χ1v) is 12.2. The van der Waals surface area contributed by atoms with E-state index in [0.29, 0.717) is 29.1 Å².